The van der Waals surface area contributed by atoms with Crippen LogP contribution < -0.4 is 10.6 Å². The number of aliphatic carboxylic acids is 1. The number of para-hydroxylation sites is 1. The first-order chi connectivity index (χ1) is 10.1. The summed E-state index contributed by atoms with van der Waals surface area (Å²) in [4.78, 5) is 24.7. The lowest BCUT2D eigenvalue weighted by molar-refractivity contribution is -0.137. The Morgan fingerprint density at radius 3 is 2.57 bits per heavy atom. The van der Waals surface area contributed by atoms with Crippen molar-refractivity contribution in [3.63, 3.8) is 0 Å². The number of amides is 1. The van der Waals surface area contributed by atoms with Crippen molar-refractivity contribution in [2.75, 3.05) is 23.5 Å². The van der Waals surface area contributed by atoms with Gasteiger partial charge in [-0.05, 0) is 37.0 Å². The van der Waals surface area contributed by atoms with E-state index in [-0.39, 0.29) is 12.3 Å². The second-order valence-corrected chi connectivity index (χ2v) is 5.70. The van der Waals surface area contributed by atoms with Gasteiger partial charge in [0.05, 0.1) is 6.04 Å². The van der Waals surface area contributed by atoms with E-state index in [4.69, 9.17) is 10.8 Å². The lowest BCUT2D eigenvalue weighted by Crippen LogP contribution is -2.44. The molecule has 1 aromatic carbocycles. The summed E-state index contributed by atoms with van der Waals surface area (Å²) in [6, 6.07) is 8.68. The van der Waals surface area contributed by atoms with E-state index >= 15 is 0 Å². The van der Waals surface area contributed by atoms with Crippen LogP contribution in [0.15, 0.2) is 30.3 Å². The van der Waals surface area contributed by atoms with Crippen LogP contribution in [0.1, 0.15) is 19.3 Å². The highest BCUT2D eigenvalue weighted by molar-refractivity contribution is 7.98. The molecular formula is C15H22N2O3S. The maximum atomic E-state index is 12.5. The minimum Gasteiger partial charge on any atom is -0.481 e. The third-order valence-electron chi connectivity index (χ3n) is 3.06. The van der Waals surface area contributed by atoms with Crippen molar-refractivity contribution >= 4 is 29.3 Å². The molecule has 5 nitrogen and oxygen atoms in total. The highest BCUT2D eigenvalue weighted by Crippen LogP contribution is 2.16. The first kappa shape index (κ1) is 17.5. The number of rotatable bonds is 9. The molecule has 1 aromatic rings. The number of carbonyl (C=O) groups is 2. The monoisotopic (exact) mass is 310 g/mol. The topological polar surface area (TPSA) is 83.6 Å². The number of anilines is 1. The van der Waals surface area contributed by atoms with E-state index < -0.39 is 12.0 Å². The molecule has 0 aliphatic carbocycles. The van der Waals surface area contributed by atoms with Gasteiger partial charge in [-0.25, -0.2) is 0 Å². The van der Waals surface area contributed by atoms with Gasteiger partial charge in [0.2, 0.25) is 5.91 Å². The third kappa shape index (κ3) is 6.18. The Balaban J connectivity index is 2.76. The largest absolute Gasteiger partial charge is 0.481 e. The normalized spacial score (nSPS) is 11.9. The van der Waals surface area contributed by atoms with Gasteiger partial charge in [0.25, 0.3) is 0 Å². The SMILES string of the molecule is CSCC[C@H](N)C(=O)N(CCCC(=O)O)c1ccccc1. The van der Waals surface area contributed by atoms with Crippen LogP contribution >= 0.6 is 11.8 Å². The molecular weight excluding hydrogens is 288 g/mol. The molecule has 6 heteroatoms. The number of carboxylic acid groups (broad SMARTS) is 1. The number of carboxylic acids is 1. The molecule has 3 N–H and O–H groups in total. The molecule has 21 heavy (non-hydrogen) atoms. The summed E-state index contributed by atoms with van der Waals surface area (Å²) >= 11 is 1.65. The fraction of sp³-hybridized carbons (Fsp3) is 0.467. The lowest BCUT2D eigenvalue weighted by atomic mass is 10.1. The van der Waals surface area contributed by atoms with Gasteiger partial charge in [-0.3, -0.25) is 9.59 Å². The van der Waals surface area contributed by atoms with Crippen molar-refractivity contribution in [3.8, 4) is 0 Å². The van der Waals surface area contributed by atoms with Crippen LogP contribution in [0.2, 0.25) is 0 Å². The quantitative estimate of drug-likeness (QED) is 0.728. The predicted octanol–water partition coefficient (Wildman–Crippen LogP) is 1.96. The van der Waals surface area contributed by atoms with Crippen LogP contribution in [0.4, 0.5) is 5.69 Å². The summed E-state index contributed by atoms with van der Waals surface area (Å²) in [5.41, 5.74) is 6.71. The summed E-state index contributed by atoms with van der Waals surface area (Å²) in [6.45, 7) is 0.363. The van der Waals surface area contributed by atoms with E-state index in [1.807, 2.05) is 36.6 Å². The minimum atomic E-state index is -0.859. The maximum absolute atomic E-state index is 12.5. The van der Waals surface area contributed by atoms with Crippen LogP contribution in [0.3, 0.4) is 0 Å². The summed E-state index contributed by atoms with van der Waals surface area (Å²) in [5, 5.41) is 8.73. The summed E-state index contributed by atoms with van der Waals surface area (Å²) in [5.74, 6) is -0.187. The molecule has 1 atom stereocenters. The maximum Gasteiger partial charge on any atom is 0.303 e. The van der Waals surface area contributed by atoms with E-state index in [9.17, 15) is 9.59 Å². The Hall–Kier alpha value is -1.53. The van der Waals surface area contributed by atoms with Gasteiger partial charge in [0.15, 0.2) is 0 Å². The van der Waals surface area contributed by atoms with Gasteiger partial charge in [-0.1, -0.05) is 18.2 Å². The molecule has 0 unspecified atom stereocenters. The number of benzene rings is 1. The van der Waals surface area contributed by atoms with Crippen LogP contribution in [-0.4, -0.2) is 41.6 Å². The van der Waals surface area contributed by atoms with Crippen molar-refractivity contribution in [1.29, 1.82) is 0 Å². The number of nitrogens with zero attached hydrogens (tertiary/aromatic N) is 1. The molecule has 0 radical (unpaired) electrons. The molecule has 0 saturated heterocycles. The zero-order chi connectivity index (χ0) is 15.7. The Labute approximate surface area is 129 Å². The first-order valence-electron chi connectivity index (χ1n) is 6.89. The minimum absolute atomic E-state index is 0.0384. The smallest absolute Gasteiger partial charge is 0.303 e. The summed E-state index contributed by atoms with van der Waals surface area (Å²) in [7, 11) is 0. The van der Waals surface area contributed by atoms with Crippen LogP contribution in [0, 0.1) is 0 Å². The van der Waals surface area contributed by atoms with Crippen LogP contribution in [0.25, 0.3) is 0 Å². The van der Waals surface area contributed by atoms with Gasteiger partial charge in [0.1, 0.15) is 0 Å². The van der Waals surface area contributed by atoms with E-state index in [1.54, 1.807) is 16.7 Å². The van der Waals surface area contributed by atoms with Gasteiger partial charge in [0, 0.05) is 18.7 Å². The average molecular weight is 310 g/mol. The van der Waals surface area contributed by atoms with Gasteiger partial charge in [-0.2, -0.15) is 11.8 Å². The second kappa shape index (κ2) is 9.41. The highest BCUT2D eigenvalue weighted by atomic mass is 32.2. The van der Waals surface area contributed by atoms with Crippen molar-refractivity contribution in [2.45, 2.75) is 25.3 Å². The van der Waals surface area contributed by atoms with E-state index in [1.165, 1.54) is 0 Å². The van der Waals surface area contributed by atoms with Crippen molar-refractivity contribution in [1.82, 2.24) is 0 Å². The Bertz CT molecular complexity index is 453. The van der Waals surface area contributed by atoms with Crippen LogP contribution in [-0.2, 0) is 9.59 Å². The molecule has 0 fully saturated rings. The van der Waals surface area contributed by atoms with E-state index in [2.05, 4.69) is 0 Å². The first-order valence-corrected chi connectivity index (χ1v) is 8.28. The number of thioether (sulfide) groups is 1. The van der Waals surface area contributed by atoms with Crippen molar-refractivity contribution < 1.29 is 14.7 Å². The lowest BCUT2D eigenvalue weighted by Gasteiger charge is -2.25. The molecule has 0 saturated carbocycles. The van der Waals surface area contributed by atoms with E-state index in [0.717, 1.165) is 11.4 Å². The van der Waals surface area contributed by atoms with Crippen LogP contribution in [0.5, 0.6) is 0 Å². The zero-order valence-corrected chi connectivity index (χ0v) is 13.0. The molecule has 0 heterocycles. The third-order valence-corrected chi connectivity index (χ3v) is 3.70. The van der Waals surface area contributed by atoms with Crippen molar-refractivity contribution in [2.24, 2.45) is 5.73 Å². The molecule has 0 aromatic heterocycles. The Morgan fingerprint density at radius 2 is 2.00 bits per heavy atom. The number of nitrogens with two attached hydrogens (primary N) is 1. The fourth-order valence-electron chi connectivity index (χ4n) is 1.93. The summed E-state index contributed by atoms with van der Waals surface area (Å²) < 4.78 is 0. The standard InChI is InChI=1S/C15H22N2O3S/c1-21-11-9-13(16)15(20)17(10-5-8-14(18)19)12-6-3-2-4-7-12/h2-4,6-7,13H,5,8-11,16H2,1H3,(H,18,19)/t13-/m0/s1. The van der Waals surface area contributed by atoms with Crippen molar-refractivity contribution in [3.05, 3.63) is 30.3 Å². The molecule has 0 spiro atoms. The van der Waals surface area contributed by atoms with Gasteiger partial charge >= 0.3 is 5.97 Å². The second-order valence-electron chi connectivity index (χ2n) is 4.71. The molecule has 1 amide bonds. The molecule has 0 bridgehead atoms. The van der Waals surface area contributed by atoms with E-state index in [0.29, 0.717) is 19.4 Å². The van der Waals surface area contributed by atoms with Gasteiger partial charge < -0.3 is 15.7 Å². The molecule has 0 aliphatic rings. The summed E-state index contributed by atoms with van der Waals surface area (Å²) in [6.07, 6.45) is 3.03. The Morgan fingerprint density at radius 1 is 1.33 bits per heavy atom. The number of hydrogen-bond donors (Lipinski definition) is 2. The van der Waals surface area contributed by atoms with Gasteiger partial charge in [-0.15, -0.1) is 0 Å². The Kier molecular flexibility index (Phi) is 7.85. The zero-order valence-electron chi connectivity index (χ0n) is 12.2. The number of hydrogen-bond acceptors (Lipinski definition) is 4. The molecule has 1 rings (SSSR count). The highest BCUT2D eigenvalue weighted by Gasteiger charge is 2.22. The molecule has 116 valence electrons. The molecule has 0 aliphatic heterocycles. The fourth-order valence-corrected chi connectivity index (χ4v) is 2.42. The number of carbonyl (C=O) groups excluding carboxylic acids is 1. The average Bonchev–Trinajstić information content (AvgIpc) is 2.49. The predicted molar refractivity (Wildman–Crippen MR) is 86.6 cm³/mol.